The molecule has 7 heteroatoms. The second-order valence-corrected chi connectivity index (χ2v) is 6.06. The number of hydrogen-bond donors (Lipinski definition) is 0. The van der Waals surface area contributed by atoms with E-state index in [1.807, 2.05) is 0 Å². The van der Waals surface area contributed by atoms with Gasteiger partial charge < -0.3 is 4.74 Å². The normalized spacial score (nSPS) is 14.5. The standard InChI is InChI=1S/C15H15Cl2FN2O2/c1-22-12-7-9(10(16)8-11(12)17)13-14(18)19-5-3-2-4-6-20(19)15(13)21/h7-8H,2-6H2,1H3. The lowest BCUT2D eigenvalue weighted by atomic mass is 10.1. The molecule has 1 aliphatic rings. The largest absolute Gasteiger partial charge is 0.495 e. The molecule has 0 atom stereocenters. The molecule has 0 saturated heterocycles. The molecule has 3 rings (SSSR count). The first-order valence-corrected chi connectivity index (χ1v) is 7.82. The van der Waals surface area contributed by atoms with E-state index in [0.29, 0.717) is 29.4 Å². The van der Waals surface area contributed by atoms with Gasteiger partial charge in [-0.25, -0.2) is 4.68 Å². The Morgan fingerprint density at radius 1 is 1.09 bits per heavy atom. The summed E-state index contributed by atoms with van der Waals surface area (Å²) in [5.41, 5.74) is -0.0916. The van der Waals surface area contributed by atoms with Crippen LogP contribution in [-0.2, 0) is 13.1 Å². The molecular formula is C15H15Cl2FN2O2. The van der Waals surface area contributed by atoms with E-state index < -0.39 is 5.95 Å². The van der Waals surface area contributed by atoms with Crippen molar-refractivity contribution in [1.82, 2.24) is 9.36 Å². The minimum Gasteiger partial charge on any atom is -0.495 e. The molecule has 2 aromatic rings. The van der Waals surface area contributed by atoms with Gasteiger partial charge in [-0.1, -0.05) is 23.2 Å². The van der Waals surface area contributed by atoms with Crippen molar-refractivity contribution in [2.24, 2.45) is 0 Å². The summed E-state index contributed by atoms with van der Waals surface area (Å²) < 4.78 is 22.8. The Morgan fingerprint density at radius 3 is 2.45 bits per heavy atom. The first kappa shape index (κ1) is 15.4. The molecule has 0 bridgehead atoms. The third-order valence-corrected chi connectivity index (χ3v) is 4.53. The topological polar surface area (TPSA) is 36.2 Å². The summed E-state index contributed by atoms with van der Waals surface area (Å²) in [6.45, 7) is 1.00. The highest BCUT2D eigenvalue weighted by Crippen LogP contribution is 2.36. The van der Waals surface area contributed by atoms with Gasteiger partial charge in [0.25, 0.3) is 5.56 Å². The zero-order valence-electron chi connectivity index (χ0n) is 12.0. The predicted molar refractivity (Wildman–Crippen MR) is 84.5 cm³/mol. The van der Waals surface area contributed by atoms with Gasteiger partial charge in [0.1, 0.15) is 11.3 Å². The number of hydrogen-bond acceptors (Lipinski definition) is 2. The Bertz CT molecular complexity index is 783. The van der Waals surface area contributed by atoms with Crippen LogP contribution in [0.15, 0.2) is 16.9 Å². The van der Waals surface area contributed by atoms with Crippen LogP contribution in [0, 0.1) is 5.95 Å². The summed E-state index contributed by atoms with van der Waals surface area (Å²) in [4.78, 5) is 12.6. The molecule has 2 heterocycles. The number of ether oxygens (including phenoxy) is 1. The highest BCUT2D eigenvalue weighted by molar-refractivity contribution is 6.37. The van der Waals surface area contributed by atoms with E-state index in [9.17, 15) is 9.18 Å². The third kappa shape index (κ3) is 2.42. The van der Waals surface area contributed by atoms with Gasteiger partial charge in [0.2, 0.25) is 5.95 Å². The Hall–Kier alpha value is -1.46. The van der Waals surface area contributed by atoms with E-state index in [0.717, 1.165) is 19.3 Å². The molecule has 1 aliphatic heterocycles. The van der Waals surface area contributed by atoms with Gasteiger partial charge in [-0.2, -0.15) is 4.39 Å². The first-order valence-electron chi connectivity index (χ1n) is 7.07. The zero-order chi connectivity index (χ0) is 15.9. The van der Waals surface area contributed by atoms with Crippen molar-refractivity contribution in [2.45, 2.75) is 32.4 Å². The summed E-state index contributed by atoms with van der Waals surface area (Å²) in [7, 11) is 1.46. The minimum atomic E-state index is -0.557. The quantitative estimate of drug-likeness (QED) is 0.826. The lowest BCUT2D eigenvalue weighted by Gasteiger charge is -2.08. The number of fused-ring (bicyclic) bond motifs is 1. The number of methoxy groups -OCH3 is 1. The average molecular weight is 345 g/mol. The van der Waals surface area contributed by atoms with Crippen LogP contribution < -0.4 is 10.3 Å². The van der Waals surface area contributed by atoms with Crippen molar-refractivity contribution in [1.29, 1.82) is 0 Å². The van der Waals surface area contributed by atoms with E-state index >= 15 is 0 Å². The van der Waals surface area contributed by atoms with Gasteiger partial charge in [0.15, 0.2) is 0 Å². The maximum atomic E-state index is 14.8. The second-order valence-electron chi connectivity index (χ2n) is 5.24. The maximum Gasteiger partial charge on any atom is 0.277 e. The number of aromatic nitrogens is 2. The van der Waals surface area contributed by atoms with Gasteiger partial charge in [0.05, 0.1) is 17.2 Å². The molecular weight excluding hydrogens is 330 g/mol. The highest BCUT2D eigenvalue weighted by atomic mass is 35.5. The molecule has 0 amide bonds. The van der Waals surface area contributed by atoms with Crippen LogP contribution in [0.3, 0.4) is 0 Å². The SMILES string of the molecule is COc1cc(-c2c(F)n3n(c2=O)CCCCC3)c(Cl)cc1Cl. The molecule has 0 radical (unpaired) electrons. The second kappa shape index (κ2) is 5.97. The van der Waals surface area contributed by atoms with Crippen LogP contribution in [0.4, 0.5) is 4.39 Å². The van der Waals surface area contributed by atoms with Crippen LogP contribution >= 0.6 is 23.2 Å². The molecule has 0 saturated carbocycles. The van der Waals surface area contributed by atoms with Crippen molar-refractivity contribution in [3.8, 4) is 16.9 Å². The molecule has 0 N–H and O–H groups in total. The smallest absolute Gasteiger partial charge is 0.277 e. The fourth-order valence-corrected chi connectivity index (χ4v) is 3.36. The van der Waals surface area contributed by atoms with E-state index in [1.54, 1.807) is 0 Å². The van der Waals surface area contributed by atoms with Gasteiger partial charge in [-0.15, -0.1) is 0 Å². The highest BCUT2D eigenvalue weighted by Gasteiger charge is 2.25. The van der Waals surface area contributed by atoms with Crippen molar-refractivity contribution < 1.29 is 9.13 Å². The molecule has 1 aromatic heterocycles. The van der Waals surface area contributed by atoms with Crippen LogP contribution in [0.1, 0.15) is 19.3 Å². The van der Waals surface area contributed by atoms with E-state index in [1.165, 1.54) is 28.6 Å². The van der Waals surface area contributed by atoms with Gasteiger partial charge >= 0.3 is 0 Å². The zero-order valence-corrected chi connectivity index (χ0v) is 13.5. The Labute approximate surface area is 137 Å². The lowest BCUT2D eigenvalue weighted by Crippen LogP contribution is -2.22. The van der Waals surface area contributed by atoms with Gasteiger partial charge in [-0.3, -0.25) is 9.48 Å². The van der Waals surface area contributed by atoms with Crippen LogP contribution in [-0.4, -0.2) is 16.5 Å². The fourth-order valence-electron chi connectivity index (χ4n) is 2.81. The Kier molecular flexibility index (Phi) is 4.19. The van der Waals surface area contributed by atoms with Gasteiger partial charge in [-0.05, 0) is 31.4 Å². The molecule has 0 fully saturated rings. The Morgan fingerprint density at radius 2 is 1.77 bits per heavy atom. The molecule has 0 spiro atoms. The summed E-state index contributed by atoms with van der Waals surface area (Å²) in [5, 5.41) is 0.542. The molecule has 0 aliphatic carbocycles. The Balaban J connectivity index is 2.24. The fraction of sp³-hybridized carbons (Fsp3) is 0.400. The van der Waals surface area contributed by atoms with Crippen molar-refractivity contribution in [3.05, 3.63) is 38.5 Å². The summed E-state index contributed by atoms with van der Waals surface area (Å²) in [6, 6.07) is 2.97. The van der Waals surface area contributed by atoms with Crippen molar-refractivity contribution >= 4 is 23.2 Å². The van der Waals surface area contributed by atoms with E-state index in [2.05, 4.69) is 0 Å². The minimum absolute atomic E-state index is 0.0260. The van der Waals surface area contributed by atoms with E-state index in [-0.39, 0.29) is 16.1 Å². The molecule has 118 valence electrons. The average Bonchev–Trinajstić information content (AvgIpc) is 2.68. The summed E-state index contributed by atoms with van der Waals surface area (Å²) >= 11 is 12.2. The monoisotopic (exact) mass is 344 g/mol. The van der Waals surface area contributed by atoms with Crippen molar-refractivity contribution in [2.75, 3.05) is 7.11 Å². The molecule has 0 unspecified atom stereocenters. The number of rotatable bonds is 2. The van der Waals surface area contributed by atoms with Crippen LogP contribution in [0.25, 0.3) is 11.1 Å². The van der Waals surface area contributed by atoms with Gasteiger partial charge in [0, 0.05) is 18.7 Å². The number of nitrogens with zero attached hydrogens (tertiary/aromatic N) is 2. The molecule has 4 nitrogen and oxygen atoms in total. The number of halogens is 3. The van der Waals surface area contributed by atoms with Crippen LogP contribution in [0.2, 0.25) is 10.0 Å². The molecule has 22 heavy (non-hydrogen) atoms. The van der Waals surface area contributed by atoms with Crippen molar-refractivity contribution in [3.63, 3.8) is 0 Å². The predicted octanol–water partition coefficient (Wildman–Crippen LogP) is 3.96. The maximum absolute atomic E-state index is 14.8. The van der Waals surface area contributed by atoms with Crippen LogP contribution in [0.5, 0.6) is 5.75 Å². The van der Waals surface area contributed by atoms with E-state index in [4.69, 9.17) is 27.9 Å². The first-order chi connectivity index (χ1) is 10.5. The summed E-state index contributed by atoms with van der Waals surface area (Å²) in [6.07, 6.45) is 2.70. The summed E-state index contributed by atoms with van der Waals surface area (Å²) in [5.74, 6) is -0.204. The third-order valence-electron chi connectivity index (χ3n) is 3.92. The molecule has 1 aromatic carbocycles. The number of benzene rings is 1. The lowest BCUT2D eigenvalue weighted by molar-refractivity contribution is 0.393.